The number of rotatable bonds is 2. The molecule has 0 amide bonds. The summed E-state index contributed by atoms with van der Waals surface area (Å²) < 4.78 is 0. The van der Waals surface area contributed by atoms with Gasteiger partial charge in [-0.25, -0.2) is 0 Å². The van der Waals surface area contributed by atoms with Gasteiger partial charge in [0, 0.05) is 22.2 Å². The zero-order valence-corrected chi connectivity index (χ0v) is 8.78. The topological polar surface area (TPSA) is 3.24 Å². The molecular formula is C10H11Cl2N. The Kier molecular flexibility index (Phi) is 2.77. The molecule has 0 radical (unpaired) electrons. The Morgan fingerprint density at radius 2 is 1.77 bits per heavy atom. The Bertz CT molecular complexity index is 288. The molecular weight excluding hydrogens is 205 g/mol. The van der Waals surface area contributed by atoms with Gasteiger partial charge in [-0.05, 0) is 31.6 Å². The minimum Gasteiger partial charge on any atom is -0.299 e. The molecule has 1 saturated heterocycles. The van der Waals surface area contributed by atoms with E-state index >= 15 is 0 Å². The molecule has 0 N–H and O–H groups in total. The highest BCUT2D eigenvalue weighted by Gasteiger charge is 2.16. The third-order valence-electron chi connectivity index (χ3n) is 2.39. The lowest BCUT2D eigenvalue weighted by Crippen LogP contribution is -2.36. The number of likely N-dealkylation sites (tertiary alicyclic amines) is 1. The van der Waals surface area contributed by atoms with Crippen molar-refractivity contribution in [3.8, 4) is 0 Å². The van der Waals surface area contributed by atoms with Gasteiger partial charge in [-0.3, -0.25) is 4.90 Å². The normalized spacial score (nSPS) is 17.1. The zero-order valence-electron chi connectivity index (χ0n) is 7.26. The Balaban J connectivity index is 2.17. The van der Waals surface area contributed by atoms with Crippen LogP contribution < -0.4 is 0 Å². The number of nitrogens with zero attached hydrogens (tertiary/aromatic N) is 1. The Morgan fingerprint density at radius 3 is 2.23 bits per heavy atom. The van der Waals surface area contributed by atoms with Gasteiger partial charge in [0.1, 0.15) is 0 Å². The molecule has 1 aromatic carbocycles. The number of hydrogen-bond acceptors (Lipinski definition) is 1. The van der Waals surface area contributed by atoms with E-state index in [2.05, 4.69) is 4.90 Å². The van der Waals surface area contributed by atoms with Crippen molar-refractivity contribution in [1.82, 2.24) is 4.90 Å². The van der Waals surface area contributed by atoms with Gasteiger partial charge in [-0.15, -0.1) is 0 Å². The van der Waals surface area contributed by atoms with Crippen molar-refractivity contribution >= 4 is 23.2 Å². The van der Waals surface area contributed by atoms with Crippen LogP contribution in [0.2, 0.25) is 10.0 Å². The molecule has 1 nitrogen and oxygen atoms in total. The second kappa shape index (κ2) is 3.87. The SMILES string of the molecule is Clc1cccc(Cl)c1CN1CCC1. The van der Waals surface area contributed by atoms with Crippen molar-refractivity contribution in [2.24, 2.45) is 0 Å². The van der Waals surface area contributed by atoms with E-state index in [1.54, 1.807) is 0 Å². The van der Waals surface area contributed by atoms with Crippen molar-refractivity contribution in [3.63, 3.8) is 0 Å². The van der Waals surface area contributed by atoms with Gasteiger partial charge in [0.15, 0.2) is 0 Å². The molecule has 0 unspecified atom stereocenters. The maximum Gasteiger partial charge on any atom is 0.0465 e. The molecule has 2 rings (SSSR count). The molecule has 1 aliphatic heterocycles. The molecule has 0 bridgehead atoms. The second-order valence-corrected chi connectivity index (χ2v) is 4.14. The number of benzene rings is 1. The lowest BCUT2D eigenvalue weighted by atomic mass is 10.1. The van der Waals surface area contributed by atoms with Gasteiger partial charge in [0.25, 0.3) is 0 Å². The largest absolute Gasteiger partial charge is 0.299 e. The number of hydrogen-bond donors (Lipinski definition) is 0. The monoisotopic (exact) mass is 215 g/mol. The Labute approximate surface area is 88.3 Å². The van der Waals surface area contributed by atoms with E-state index in [1.807, 2.05) is 18.2 Å². The molecule has 1 heterocycles. The number of halogens is 2. The molecule has 0 saturated carbocycles. The smallest absolute Gasteiger partial charge is 0.0465 e. The van der Waals surface area contributed by atoms with Crippen LogP contribution in [-0.2, 0) is 6.54 Å². The van der Waals surface area contributed by atoms with Crippen molar-refractivity contribution in [2.45, 2.75) is 13.0 Å². The summed E-state index contributed by atoms with van der Waals surface area (Å²) in [7, 11) is 0. The minimum atomic E-state index is 0.777. The van der Waals surface area contributed by atoms with E-state index in [9.17, 15) is 0 Å². The van der Waals surface area contributed by atoms with E-state index in [4.69, 9.17) is 23.2 Å². The van der Waals surface area contributed by atoms with Crippen molar-refractivity contribution in [2.75, 3.05) is 13.1 Å². The minimum absolute atomic E-state index is 0.777. The summed E-state index contributed by atoms with van der Waals surface area (Å²) in [5.74, 6) is 0. The molecule has 0 spiro atoms. The van der Waals surface area contributed by atoms with Gasteiger partial charge in [0.05, 0.1) is 0 Å². The average Bonchev–Trinajstić information content (AvgIpc) is 2.00. The van der Waals surface area contributed by atoms with E-state index < -0.39 is 0 Å². The summed E-state index contributed by atoms with van der Waals surface area (Å²) in [6, 6.07) is 5.66. The van der Waals surface area contributed by atoms with E-state index in [0.29, 0.717) is 0 Å². The van der Waals surface area contributed by atoms with Crippen LogP contribution in [0.3, 0.4) is 0 Å². The van der Waals surface area contributed by atoms with Crippen molar-refractivity contribution in [1.29, 1.82) is 0 Å². The average molecular weight is 216 g/mol. The third kappa shape index (κ3) is 1.98. The first kappa shape index (κ1) is 9.32. The van der Waals surface area contributed by atoms with Gasteiger partial charge in [-0.2, -0.15) is 0 Å². The Morgan fingerprint density at radius 1 is 1.15 bits per heavy atom. The molecule has 13 heavy (non-hydrogen) atoms. The maximum absolute atomic E-state index is 6.04. The highest BCUT2D eigenvalue weighted by Crippen LogP contribution is 2.26. The fraction of sp³-hybridized carbons (Fsp3) is 0.400. The molecule has 0 atom stereocenters. The van der Waals surface area contributed by atoms with Crippen LogP contribution in [0.15, 0.2) is 18.2 Å². The van der Waals surface area contributed by atoms with Gasteiger partial charge >= 0.3 is 0 Å². The summed E-state index contributed by atoms with van der Waals surface area (Å²) in [6.07, 6.45) is 1.29. The summed E-state index contributed by atoms with van der Waals surface area (Å²) in [5, 5.41) is 1.55. The molecule has 1 fully saturated rings. The van der Waals surface area contributed by atoms with Crippen LogP contribution in [0.5, 0.6) is 0 Å². The van der Waals surface area contributed by atoms with Crippen LogP contribution >= 0.6 is 23.2 Å². The van der Waals surface area contributed by atoms with Crippen molar-refractivity contribution in [3.05, 3.63) is 33.8 Å². The van der Waals surface area contributed by atoms with E-state index in [1.165, 1.54) is 19.5 Å². The predicted molar refractivity (Wildman–Crippen MR) is 56.4 cm³/mol. The fourth-order valence-electron chi connectivity index (χ4n) is 1.45. The summed E-state index contributed by atoms with van der Waals surface area (Å²) in [6.45, 7) is 3.22. The van der Waals surface area contributed by atoms with Gasteiger partial charge in [-0.1, -0.05) is 29.3 Å². The second-order valence-electron chi connectivity index (χ2n) is 3.33. The molecule has 3 heteroatoms. The van der Waals surface area contributed by atoms with Crippen LogP contribution in [0.1, 0.15) is 12.0 Å². The first-order valence-electron chi connectivity index (χ1n) is 4.42. The molecule has 1 aliphatic rings. The quantitative estimate of drug-likeness (QED) is 0.733. The van der Waals surface area contributed by atoms with Crippen LogP contribution in [0.4, 0.5) is 0 Å². The zero-order chi connectivity index (χ0) is 9.26. The first-order valence-corrected chi connectivity index (χ1v) is 5.18. The van der Waals surface area contributed by atoms with Crippen LogP contribution in [0.25, 0.3) is 0 Å². The summed E-state index contributed by atoms with van der Waals surface area (Å²) in [5.41, 5.74) is 1.06. The Hall–Kier alpha value is -0.240. The molecule has 1 aromatic rings. The standard InChI is InChI=1S/C10H11Cl2N/c11-9-3-1-4-10(12)8(9)7-13-5-2-6-13/h1,3-4H,2,5-7H2. The highest BCUT2D eigenvalue weighted by atomic mass is 35.5. The van der Waals surface area contributed by atoms with Crippen LogP contribution in [-0.4, -0.2) is 18.0 Å². The maximum atomic E-state index is 6.04. The summed E-state index contributed by atoms with van der Waals surface area (Å²) in [4.78, 5) is 2.34. The van der Waals surface area contributed by atoms with Crippen LogP contribution in [0, 0.1) is 0 Å². The van der Waals surface area contributed by atoms with Gasteiger partial charge in [0.2, 0.25) is 0 Å². The van der Waals surface area contributed by atoms with Gasteiger partial charge < -0.3 is 0 Å². The molecule has 70 valence electrons. The lowest BCUT2D eigenvalue weighted by molar-refractivity contribution is 0.172. The molecule has 0 aliphatic carbocycles. The highest BCUT2D eigenvalue weighted by molar-refractivity contribution is 6.35. The van der Waals surface area contributed by atoms with Crippen molar-refractivity contribution < 1.29 is 0 Å². The predicted octanol–water partition coefficient (Wildman–Crippen LogP) is 3.20. The lowest BCUT2D eigenvalue weighted by Gasteiger charge is -2.31. The fourth-order valence-corrected chi connectivity index (χ4v) is 1.96. The van der Waals surface area contributed by atoms with E-state index in [0.717, 1.165) is 22.2 Å². The first-order chi connectivity index (χ1) is 6.27. The summed E-state index contributed by atoms with van der Waals surface area (Å²) >= 11 is 12.1. The van der Waals surface area contributed by atoms with E-state index in [-0.39, 0.29) is 0 Å². The third-order valence-corrected chi connectivity index (χ3v) is 3.10. The molecule has 0 aromatic heterocycles.